The van der Waals surface area contributed by atoms with E-state index in [1.54, 1.807) is 12.0 Å². The number of aromatic nitrogens is 5. The number of aryl methyl sites for hydroxylation is 2. The van der Waals surface area contributed by atoms with Crippen LogP contribution >= 0.6 is 0 Å². The molecular formula is C45H58F2N6O5Si. The van der Waals surface area contributed by atoms with Gasteiger partial charge in [0.05, 0.1) is 58.5 Å². The van der Waals surface area contributed by atoms with Crippen LogP contribution < -0.4 is 4.74 Å². The van der Waals surface area contributed by atoms with Crippen molar-refractivity contribution >= 4 is 25.4 Å². The molecule has 0 bridgehead atoms. The first-order valence-corrected chi connectivity index (χ1v) is 23.4. The number of methoxy groups -OCH3 is 1. The summed E-state index contributed by atoms with van der Waals surface area (Å²) in [6, 6.07) is 9.56. The fourth-order valence-corrected chi connectivity index (χ4v) is 9.33. The SMILES string of the molecule is COCCOc1cc(F)cc(F)c1-c1c(-c2cc3n(n2)[C@@H](C)CN(C(=O)OC(C)(C)C)[C@@H]3C)nc(-c2ccc3c(c2)nc(C)n3C)c2c1C(O[Si](C)(C)C(C)(C)C)CC2. The smallest absolute Gasteiger partial charge is 0.410 e. The number of hydrogen-bond acceptors (Lipinski definition) is 8. The Morgan fingerprint density at radius 2 is 1.69 bits per heavy atom. The number of ether oxygens (including phenoxy) is 3. The normalized spacial score (nSPS) is 18.4. The van der Waals surface area contributed by atoms with Crippen molar-refractivity contribution in [2.45, 2.75) is 117 Å². The van der Waals surface area contributed by atoms with Gasteiger partial charge in [0.25, 0.3) is 0 Å². The number of fused-ring (bicyclic) bond motifs is 3. The number of nitrogens with zero attached hydrogens (tertiary/aromatic N) is 6. The van der Waals surface area contributed by atoms with Crippen LogP contribution in [0.2, 0.25) is 18.1 Å². The van der Waals surface area contributed by atoms with E-state index in [2.05, 4.69) is 56.6 Å². The molecule has 3 aromatic heterocycles. The molecule has 4 heterocycles. The first kappa shape index (κ1) is 42.5. The molecule has 0 radical (unpaired) electrons. The highest BCUT2D eigenvalue weighted by Gasteiger charge is 2.44. The Bertz CT molecular complexity index is 2430. The third-order valence-corrected chi connectivity index (χ3v) is 16.6. The molecule has 2 aliphatic rings. The van der Waals surface area contributed by atoms with Gasteiger partial charge in [0, 0.05) is 44.0 Å². The molecule has 0 spiro atoms. The molecule has 11 nitrogen and oxygen atoms in total. The Balaban J connectivity index is 1.54. The van der Waals surface area contributed by atoms with Crippen LogP contribution in [0.25, 0.3) is 44.8 Å². The van der Waals surface area contributed by atoms with Crippen molar-refractivity contribution in [1.29, 1.82) is 0 Å². The van der Waals surface area contributed by atoms with E-state index < -0.39 is 43.8 Å². The number of amides is 1. The third kappa shape index (κ3) is 7.91. The van der Waals surface area contributed by atoms with Crippen molar-refractivity contribution < 1.29 is 32.2 Å². The van der Waals surface area contributed by atoms with Crippen LogP contribution in [0.4, 0.5) is 13.6 Å². The lowest BCUT2D eigenvalue weighted by atomic mass is 9.90. The largest absolute Gasteiger partial charge is 0.490 e. The molecule has 0 N–H and O–H groups in total. The summed E-state index contributed by atoms with van der Waals surface area (Å²) in [4.78, 5) is 25.6. The van der Waals surface area contributed by atoms with Gasteiger partial charge in [0.15, 0.2) is 8.32 Å². The predicted octanol–water partition coefficient (Wildman–Crippen LogP) is 10.7. The number of hydrogen-bond donors (Lipinski definition) is 0. The first-order chi connectivity index (χ1) is 27.6. The molecule has 59 heavy (non-hydrogen) atoms. The highest BCUT2D eigenvalue weighted by Crippen LogP contribution is 2.53. The van der Waals surface area contributed by atoms with Gasteiger partial charge < -0.3 is 23.2 Å². The lowest BCUT2D eigenvalue weighted by Gasteiger charge is -2.39. The second-order valence-electron chi connectivity index (χ2n) is 18.6. The number of halogens is 2. The second kappa shape index (κ2) is 15.4. The van der Waals surface area contributed by atoms with Gasteiger partial charge in [-0.1, -0.05) is 26.8 Å². The van der Waals surface area contributed by atoms with Crippen molar-refractivity contribution in [2.24, 2.45) is 7.05 Å². The Morgan fingerprint density at radius 3 is 2.37 bits per heavy atom. The van der Waals surface area contributed by atoms with E-state index in [1.165, 1.54) is 6.07 Å². The predicted molar refractivity (Wildman–Crippen MR) is 228 cm³/mol. The third-order valence-electron chi connectivity index (χ3n) is 12.2. The van der Waals surface area contributed by atoms with Crippen LogP contribution in [0.1, 0.15) is 103 Å². The van der Waals surface area contributed by atoms with Gasteiger partial charge in [-0.15, -0.1) is 0 Å². The van der Waals surface area contributed by atoms with Crippen LogP contribution in [0, 0.1) is 18.6 Å². The van der Waals surface area contributed by atoms with Gasteiger partial charge in [0.1, 0.15) is 41.1 Å². The van der Waals surface area contributed by atoms with Crippen LogP contribution in [-0.2, 0) is 27.4 Å². The van der Waals surface area contributed by atoms with Crippen molar-refractivity contribution in [1.82, 2.24) is 29.2 Å². The average Bonchev–Trinajstić information content (AvgIpc) is 3.84. The Labute approximate surface area is 347 Å². The zero-order chi connectivity index (χ0) is 42.9. The topological polar surface area (TPSA) is 106 Å². The molecule has 1 amide bonds. The average molecular weight is 829 g/mol. The highest BCUT2D eigenvalue weighted by molar-refractivity contribution is 6.74. The molecule has 1 unspecified atom stereocenters. The number of pyridine rings is 1. The van der Waals surface area contributed by atoms with Crippen LogP contribution in [0.15, 0.2) is 36.4 Å². The summed E-state index contributed by atoms with van der Waals surface area (Å²) in [5.41, 5.74) is 6.60. The molecule has 0 fully saturated rings. The monoisotopic (exact) mass is 828 g/mol. The number of rotatable bonds is 9. The van der Waals surface area contributed by atoms with Gasteiger partial charge in [-0.3, -0.25) is 9.58 Å². The standard InChI is InChI=1S/C45H58F2N6O5Si/c1-25-24-52(43(54)57-44(4,5)6)26(2)35-23-33(50-53(25)35)42-40(39-31(47)21-29(46)22-37(39)56-19-18-55-11)38-30(15-17-36(38)58-59(12,13)45(7,8)9)41(49-42)28-14-16-34-32(20-28)48-27(3)51(34)10/h14,16,20-23,25-26,36H,15,17-19,24H2,1-13H3/t25-,26+,36?/m0/s1. The second-order valence-corrected chi connectivity index (χ2v) is 23.3. The van der Waals surface area contributed by atoms with Crippen molar-refractivity contribution in [3.05, 3.63) is 70.7 Å². The molecule has 1 aliphatic carbocycles. The number of carbonyl (C=O) groups excluding carboxylic acids is 1. The first-order valence-electron chi connectivity index (χ1n) is 20.5. The van der Waals surface area contributed by atoms with Crippen molar-refractivity contribution in [3.63, 3.8) is 0 Å². The molecule has 14 heteroatoms. The quantitative estimate of drug-likeness (QED) is 0.107. The van der Waals surface area contributed by atoms with Gasteiger partial charge in [-0.05, 0) is 102 Å². The minimum Gasteiger partial charge on any atom is -0.490 e. The molecule has 316 valence electrons. The van der Waals surface area contributed by atoms with Crippen molar-refractivity contribution in [2.75, 3.05) is 26.9 Å². The van der Waals surface area contributed by atoms with E-state index >= 15 is 8.78 Å². The van der Waals surface area contributed by atoms with E-state index in [1.807, 2.05) is 59.3 Å². The van der Waals surface area contributed by atoms with Crippen LogP contribution in [-0.4, -0.2) is 76.1 Å². The molecule has 7 rings (SSSR count). The maximum atomic E-state index is 16.9. The summed E-state index contributed by atoms with van der Waals surface area (Å²) < 4.78 is 60.6. The lowest BCUT2D eigenvalue weighted by Crippen LogP contribution is -2.45. The molecular weight excluding hydrogens is 771 g/mol. The number of benzene rings is 2. The number of carbonyl (C=O) groups is 1. The molecule has 0 saturated carbocycles. The minimum absolute atomic E-state index is 0.0303. The minimum atomic E-state index is -2.42. The fraction of sp³-hybridized carbons (Fsp3) is 0.511. The maximum absolute atomic E-state index is 16.9. The van der Waals surface area contributed by atoms with E-state index in [0.29, 0.717) is 36.3 Å². The molecule has 1 aliphatic heterocycles. The van der Waals surface area contributed by atoms with Gasteiger partial charge in [0.2, 0.25) is 0 Å². The summed E-state index contributed by atoms with van der Waals surface area (Å²) in [5.74, 6) is -0.644. The molecule has 3 atom stereocenters. The summed E-state index contributed by atoms with van der Waals surface area (Å²) in [7, 11) is 1.11. The zero-order valence-corrected chi connectivity index (χ0v) is 37.7. The van der Waals surface area contributed by atoms with Gasteiger partial charge in [-0.25, -0.2) is 23.5 Å². The van der Waals surface area contributed by atoms with E-state index in [0.717, 1.165) is 51.0 Å². The van der Waals surface area contributed by atoms with Crippen LogP contribution in [0.5, 0.6) is 5.75 Å². The summed E-state index contributed by atoms with van der Waals surface area (Å²) in [6.07, 6.45) is 0.405. The summed E-state index contributed by atoms with van der Waals surface area (Å²) in [6.45, 7) is 23.1. The maximum Gasteiger partial charge on any atom is 0.410 e. The fourth-order valence-electron chi connectivity index (χ4n) is 8.03. The Kier molecular flexibility index (Phi) is 11.1. The highest BCUT2D eigenvalue weighted by atomic mass is 28.4. The summed E-state index contributed by atoms with van der Waals surface area (Å²) >= 11 is 0. The zero-order valence-electron chi connectivity index (χ0n) is 36.7. The molecule has 2 aromatic carbocycles. The van der Waals surface area contributed by atoms with Gasteiger partial charge >= 0.3 is 6.09 Å². The van der Waals surface area contributed by atoms with Crippen molar-refractivity contribution in [3.8, 4) is 39.5 Å². The van der Waals surface area contributed by atoms with Gasteiger partial charge in [-0.2, -0.15) is 5.10 Å². The van der Waals surface area contributed by atoms with E-state index in [4.69, 9.17) is 33.7 Å². The molecule has 0 saturated heterocycles. The van der Waals surface area contributed by atoms with E-state index in [-0.39, 0.29) is 35.6 Å². The number of imidazole rings is 1. The van der Waals surface area contributed by atoms with E-state index in [9.17, 15) is 4.79 Å². The van der Waals surface area contributed by atoms with Crippen LogP contribution in [0.3, 0.4) is 0 Å². The molecule has 5 aromatic rings. The Morgan fingerprint density at radius 1 is 0.966 bits per heavy atom. The Hall–Kier alpha value is -4.66. The lowest BCUT2D eigenvalue weighted by molar-refractivity contribution is 0.00864. The summed E-state index contributed by atoms with van der Waals surface area (Å²) in [5, 5.41) is 5.07.